The summed E-state index contributed by atoms with van der Waals surface area (Å²) in [5.41, 5.74) is 2.98. The van der Waals surface area contributed by atoms with E-state index in [2.05, 4.69) is 11.6 Å². The molecule has 2 heterocycles. The van der Waals surface area contributed by atoms with Crippen LogP contribution in [0.25, 0.3) is 5.76 Å². The average Bonchev–Trinajstić information content (AvgIpc) is 3.08. The van der Waals surface area contributed by atoms with Crippen molar-refractivity contribution in [1.29, 1.82) is 0 Å². The molecule has 33 heavy (non-hydrogen) atoms. The predicted molar refractivity (Wildman–Crippen MR) is 125 cm³/mol. The average molecular weight is 440 g/mol. The van der Waals surface area contributed by atoms with Crippen molar-refractivity contribution in [3.8, 4) is 5.75 Å². The molecule has 0 bridgehead atoms. The van der Waals surface area contributed by atoms with E-state index in [0.717, 1.165) is 11.1 Å². The van der Waals surface area contributed by atoms with Crippen molar-refractivity contribution in [2.45, 2.75) is 19.5 Å². The summed E-state index contributed by atoms with van der Waals surface area (Å²) in [6, 6.07) is 17.2. The molecule has 0 spiro atoms. The van der Waals surface area contributed by atoms with Crippen molar-refractivity contribution >= 4 is 17.4 Å². The monoisotopic (exact) mass is 440 g/mol. The van der Waals surface area contributed by atoms with E-state index < -0.39 is 17.7 Å². The van der Waals surface area contributed by atoms with Crippen LogP contribution in [0.4, 0.5) is 0 Å². The molecule has 1 aliphatic heterocycles. The topological polar surface area (TPSA) is 79.7 Å². The lowest BCUT2D eigenvalue weighted by atomic mass is 9.94. The molecule has 1 saturated heterocycles. The van der Waals surface area contributed by atoms with E-state index in [4.69, 9.17) is 4.74 Å². The minimum atomic E-state index is -0.779. The van der Waals surface area contributed by atoms with E-state index in [-0.39, 0.29) is 17.9 Å². The van der Waals surface area contributed by atoms with Crippen LogP contribution >= 0.6 is 0 Å². The quantitative estimate of drug-likeness (QED) is 0.252. The van der Waals surface area contributed by atoms with Gasteiger partial charge in [-0.15, -0.1) is 0 Å². The van der Waals surface area contributed by atoms with Gasteiger partial charge in [0, 0.05) is 24.5 Å². The summed E-state index contributed by atoms with van der Waals surface area (Å²) in [4.78, 5) is 31.9. The van der Waals surface area contributed by atoms with Crippen molar-refractivity contribution < 1.29 is 19.4 Å². The molecule has 6 heteroatoms. The number of aromatic nitrogens is 1. The number of rotatable bonds is 7. The van der Waals surface area contributed by atoms with Gasteiger partial charge in [-0.05, 0) is 36.2 Å². The maximum Gasteiger partial charge on any atom is 0.295 e. The lowest BCUT2D eigenvalue weighted by Crippen LogP contribution is -2.29. The van der Waals surface area contributed by atoms with Crippen LogP contribution in [0.15, 0.2) is 91.3 Å². The minimum Gasteiger partial charge on any atom is -0.507 e. The summed E-state index contributed by atoms with van der Waals surface area (Å²) in [6.07, 6.45) is 4.94. The number of nitrogens with zero attached hydrogens (tertiary/aromatic N) is 2. The van der Waals surface area contributed by atoms with Crippen molar-refractivity contribution in [2.24, 2.45) is 0 Å². The third-order valence-corrected chi connectivity index (χ3v) is 5.48. The molecule has 4 rings (SSSR count). The molecule has 1 unspecified atom stereocenters. The summed E-state index contributed by atoms with van der Waals surface area (Å²) in [6.45, 7) is 6.09. The van der Waals surface area contributed by atoms with E-state index in [0.29, 0.717) is 23.5 Å². The lowest BCUT2D eigenvalue weighted by Gasteiger charge is -2.25. The molecule has 1 amide bonds. The SMILES string of the molecule is C=CCOc1cccc(C2/C(=C(\O)c3ccc(C)cc3)C(=O)C(=O)N2Cc2cccnc2)c1. The van der Waals surface area contributed by atoms with Gasteiger partial charge in [0.1, 0.15) is 18.1 Å². The number of Topliss-reactive ketones (excluding diaryl/α,β-unsaturated/α-hetero) is 1. The van der Waals surface area contributed by atoms with Gasteiger partial charge in [0.15, 0.2) is 0 Å². The first-order valence-electron chi connectivity index (χ1n) is 10.6. The number of ether oxygens (including phenoxy) is 1. The molecule has 1 N–H and O–H groups in total. The number of pyridine rings is 1. The largest absolute Gasteiger partial charge is 0.507 e. The molecule has 1 fully saturated rings. The second kappa shape index (κ2) is 9.53. The second-order valence-electron chi connectivity index (χ2n) is 7.83. The number of amides is 1. The van der Waals surface area contributed by atoms with E-state index >= 15 is 0 Å². The van der Waals surface area contributed by atoms with Crippen LogP contribution in [-0.4, -0.2) is 33.3 Å². The standard InChI is InChI=1S/C27H24N2O4/c1-3-14-33-22-8-4-7-21(15-22)24-23(25(30)20-11-9-18(2)10-12-20)26(31)27(32)29(24)17-19-6-5-13-28-16-19/h3-13,15-16,24,30H,1,14,17H2,2H3/b25-23+. The Hall–Kier alpha value is -4.19. The zero-order valence-corrected chi connectivity index (χ0v) is 18.3. The number of carbonyl (C=O) groups is 2. The first-order chi connectivity index (χ1) is 16.0. The molecular formula is C27H24N2O4. The first-order valence-corrected chi connectivity index (χ1v) is 10.6. The molecule has 1 aromatic heterocycles. The third-order valence-electron chi connectivity index (χ3n) is 5.48. The summed E-state index contributed by atoms with van der Waals surface area (Å²) < 4.78 is 5.66. The Balaban J connectivity index is 1.84. The summed E-state index contributed by atoms with van der Waals surface area (Å²) in [5, 5.41) is 11.1. The number of carbonyl (C=O) groups excluding carboxylic acids is 2. The number of benzene rings is 2. The lowest BCUT2D eigenvalue weighted by molar-refractivity contribution is -0.140. The number of likely N-dealkylation sites (tertiary alicyclic amines) is 1. The van der Waals surface area contributed by atoms with Crippen LogP contribution in [0.3, 0.4) is 0 Å². The number of ketones is 1. The van der Waals surface area contributed by atoms with Gasteiger partial charge in [-0.3, -0.25) is 14.6 Å². The zero-order valence-electron chi connectivity index (χ0n) is 18.3. The van der Waals surface area contributed by atoms with Gasteiger partial charge >= 0.3 is 0 Å². The summed E-state index contributed by atoms with van der Waals surface area (Å²) in [7, 11) is 0. The number of hydrogen-bond acceptors (Lipinski definition) is 5. The van der Waals surface area contributed by atoms with Crippen LogP contribution < -0.4 is 4.74 Å². The highest BCUT2D eigenvalue weighted by molar-refractivity contribution is 6.46. The van der Waals surface area contributed by atoms with Crippen LogP contribution in [0.2, 0.25) is 0 Å². The fourth-order valence-electron chi connectivity index (χ4n) is 3.87. The molecule has 2 aromatic carbocycles. The number of aliphatic hydroxyl groups is 1. The molecule has 3 aromatic rings. The molecule has 6 nitrogen and oxygen atoms in total. The molecule has 0 saturated carbocycles. The first kappa shape index (κ1) is 22.0. The third kappa shape index (κ3) is 4.55. The Kier molecular flexibility index (Phi) is 6.36. The maximum atomic E-state index is 13.2. The Morgan fingerprint density at radius 2 is 1.94 bits per heavy atom. The van der Waals surface area contributed by atoms with Crippen molar-refractivity contribution in [3.63, 3.8) is 0 Å². The predicted octanol–water partition coefficient (Wildman–Crippen LogP) is 4.58. The number of aryl methyl sites for hydroxylation is 1. The second-order valence-corrected chi connectivity index (χ2v) is 7.83. The molecule has 1 aliphatic rings. The molecule has 1 atom stereocenters. The Morgan fingerprint density at radius 3 is 2.64 bits per heavy atom. The fourth-order valence-corrected chi connectivity index (χ4v) is 3.87. The van der Waals surface area contributed by atoms with Crippen molar-refractivity contribution in [3.05, 3.63) is 114 Å². The van der Waals surface area contributed by atoms with Crippen LogP contribution in [-0.2, 0) is 16.1 Å². The van der Waals surface area contributed by atoms with Gasteiger partial charge in [0.25, 0.3) is 11.7 Å². The Morgan fingerprint density at radius 1 is 1.15 bits per heavy atom. The minimum absolute atomic E-state index is 0.0496. The normalized spacial score (nSPS) is 17.2. The van der Waals surface area contributed by atoms with E-state index in [9.17, 15) is 14.7 Å². The van der Waals surface area contributed by atoms with E-state index in [1.54, 1.807) is 54.9 Å². The van der Waals surface area contributed by atoms with Gasteiger partial charge in [-0.2, -0.15) is 0 Å². The van der Waals surface area contributed by atoms with Gasteiger partial charge < -0.3 is 14.7 Å². The van der Waals surface area contributed by atoms with Gasteiger partial charge in [-0.25, -0.2) is 0 Å². The number of aliphatic hydroxyl groups excluding tert-OH is 1. The molecule has 0 radical (unpaired) electrons. The molecular weight excluding hydrogens is 416 g/mol. The zero-order chi connectivity index (χ0) is 23.4. The van der Waals surface area contributed by atoms with E-state index in [1.165, 1.54) is 4.90 Å². The highest BCUT2D eigenvalue weighted by Crippen LogP contribution is 2.41. The van der Waals surface area contributed by atoms with Crippen molar-refractivity contribution in [1.82, 2.24) is 9.88 Å². The number of hydrogen-bond donors (Lipinski definition) is 1. The van der Waals surface area contributed by atoms with Gasteiger partial charge in [-0.1, -0.05) is 60.7 Å². The van der Waals surface area contributed by atoms with E-state index in [1.807, 2.05) is 31.2 Å². The van der Waals surface area contributed by atoms with Crippen LogP contribution in [0.1, 0.15) is 28.3 Å². The van der Waals surface area contributed by atoms with Gasteiger partial charge in [0.05, 0.1) is 11.6 Å². The van der Waals surface area contributed by atoms with Crippen LogP contribution in [0.5, 0.6) is 5.75 Å². The molecule has 0 aliphatic carbocycles. The van der Waals surface area contributed by atoms with Crippen LogP contribution in [0, 0.1) is 6.92 Å². The smallest absolute Gasteiger partial charge is 0.295 e. The van der Waals surface area contributed by atoms with Gasteiger partial charge in [0.2, 0.25) is 0 Å². The van der Waals surface area contributed by atoms with Crippen molar-refractivity contribution in [2.75, 3.05) is 6.61 Å². The Bertz CT molecular complexity index is 1220. The Labute approximate surface area is 192 Å². The maximum absolute atomic E-state index is 13.2. The molecule has 166 valence electrons. The highest BCUT2D eigenvalue weighted by atomic mass is 16.5. The summed E-state index contributed by atoms with van der Waals surface area (Å²) in [5.74, 6) is -1.02. The highest BCUT2D eigenvalue weighted by Gasteiger charge is 2.46. The fraction of sp³-hybridized carbons (Fsp3) is 0.148. The summed E-state index contributed by atoms with van der Waals surface area (Å²) >= 11 is 0.